The van der Waals surface area contributed by atoms with Crippen molar-refractivity contribution in [1.29, 1.82) is 0 Å². The van der Waals surface area contributed by atoms with E-state index in [1.807, 2.05) is 0 Å². The average Bonchev–Trinajstić information content (AvgIpc) is 2.23. The Hall–Kier alpha value is -1.10. The zero-order valence-electron chi connectivity index (χ0n) is 9.28. The van der Waals surface area contributed by atoms with Crippen LogP contribution in [-0.4, -0.2) is 68.4 Å². The smallest absolute Gasteiger partial charge is 0.258 e. The number of hydrogen-bond donors (Lipinski definition) is 7. The number of aliphatic hydroxyl groups is 5. The molecule has 0 aliphatic carbocycles. The number of carbonyl (C=O) groups excluding carboxylic acids is 2. The minimum Gasteiger partial charge on any atom is -0.394 e. The Balaban J connectivity index is 0. The fourth-order valence-corrected chi connectivity index (χ4v) is 0.925. The zero-order chi connectivity index (χ0) is 12.9. The maximum atomic E-state index is 11.0. The quantitative estimate of drug-likeness (QED) is 0.261. The summed E-state index contributed by atoms with van der Waals surface area (Å²) in [5.74, 6) is -1.95. The second kappa shape index (κ2) is 8.06. The lowest BCUT2D eigenvalue weighted by atomic mass is 10.0. The normalized spacial score (nSPS) is 17.3. The summed E-state index contributed by atoms with van der Waals surface area (Å²) in [6, 6.07) is 0. The fraction of sp³-hybridized carbons (Fsp3) is 0.750. The first kappa shape index (κ1) is 18.3. The van der Waals surface area contributed by atoms with Crippen LogP contribution in [0.15, 0.2) is 0 Å². The average molecular weight is 254 g/mol. The first-order chi connectivity index (χ1) is 7.31. The Morgan fingerprint density at radius 1 is 1.12 bits per heavy atom. The molecule has 0 rings (SSSR count). The van der Waals surface area contributed by atoms with Gasteiger partial charge in [-0.05, 0) is 0 Å². The summed E-state index contributed by atoms with van der Waals surface area (Å²) in [4.78, 5) is 21.5. The Bertz CT molecular complexity index is 260. The van der Waals surface area contributed by atoms with E-state index < -0.39 is 42.8 Å². The third-order valence-corrected chi connectivity index (χ3v) is 1.82. The van der Waals surface area contributed by atoms with E-state index in [1.165, 1.54) is 0 Å². The molecule has 0 aliphatic rings. The molecule has 0 aliphatic heterocycles. The Morgan fingerprint density at radius 3 is 1.94 bits per heavy atom. The van der Waals surface area contributed by atoms with Gasteiger partial charge in [0.25, 0.3) is 5.91 Å². The van der Waals surface area contributed by atoms with Gasteiger partial charge in [0.05, 0.1) is 6.61 Å². The van der Waals surface area contributed by atoms with E-state index in [-0.39, 0.29) is 6.15 Å². The molecule has 9 N–H and O–H groups in total. The van der Waals surface area contributed by atoms with Gasteiger partial charge in [-0.2, -0.15) is 0 Å². The van der Waals surface area contributed by atoms with Gasteiger partial charge in [0.15, 0.2) is 6.10 Å². The van der Waals surface area contributed by atoms with Gasteiger partial charge in [0, 0.05) is 6.92 Å². The van der Waals surface area contributed by atoms with E-state index in [0.717, 1.165) is 6.92 Å². The van der Waals surface area contributed by atoms with Crippen LogP contribution < -0.4 is 11.5 Å². The molecule has 0 aromatic carbocycles. The van der Waals surface area contributed by atoms with Crippen molar-refractivity contribution in [2.75, 3.05) is 6.61 Å². The standard InChI is InChI=1S/C8H15NO7.H3N/c1-3(11)9-8(16)7(15)6(14)5(13)4(12)2-10;/h4-7,10,12-15H,2H2,1H3,(H,9,11,16);1H3/t4-,5+,6+,7-;/m1./s1. The molecule has 0 fully saturated rings. The molecule has 0 saturated heterocycles. The second-order valence-electron chi connectivity index (χ2n) is 3.22. The summed E-state index contributed by atoms with van der Waals surface area (Å²) in [5, 5.41) is 46.7. The highest BCUT2D eigenvalue weighted by atomic mass is 16.4. The molecule has 4 atom stereocenters. The summed E-state index contributed by atoms with van der Waals surface area (Å²) in [5.41, 5.74) is 0. The molecule has 0 radical (unpaired) electrons. The Morgan fingerprint density at radius 2 is 1.59 bits per heavy atom. The highest BCUT2D eigenvalue weighted by Gasteiger charge is 2.34. The molecule has 0 heterocycles. The van der Waals surface area contributed by atoms with Gasteiger partial charge in [0.1, 0.15) is 18.3 Å². The number of carbonyl (C=O) groups is 2. The first-order valence-electron chi connectivity index (χ1n) is 4.45. The minimum atomic E-state index is -2.08. The van der Waals surface area contributed by atoms with E-state index in [1.54, 1.807) is 5.32 Å². The number of hydrogen-bond acceptors (Lipinski definition) is 8. The number of imide groups is 1. The third-order valence-electron chi connectivity index (χ3n) is 1.82. The molecule has 0 unspecified atom stereocenters. The predicted molar refractivity (Wildman–Crippen MR) is 55.0 cm³/mol. The first-order valence-corrected chi connectivity index (χ1v) is 4.45. The van der Waals surface area contributed by atoms with Crippen molar-refractivity contribution in [3.63, 3.8) is 0 Å². The van der Waals surface area contributed by atoms with Crippen molar-refractivity contribution in [2.45, 2.75) is 31.3 Å². The largest absolute Gasteiger partial charge is 0.394 e. The second-order valence-corrected chi connectivity index (χ2v) is 3.22. The predicted octanol–water partition coefficient (Wildman–Crippen LogP) is -3.75. The van der Waals surface area contributed by atoms with Crippen molar-refractivity contribution in [1.82, 2.24) is 11.5 Å². The molecule has 17 heavy (non-hydrogen) atoms. The van der Waals surface area contributed by atoms with Crippen molar-refractivity contribution < 1.29 is 35.1 Å². The van der Waals surface area contributed by atoms with Crippen molar-refractivity contribution in [3.05, 3.63) is 0 Å². The van der Waals surface area contributed by atoms with Gasteiger partial charge in [-0.3, -0.25) is 14.9 Å². The van der Waals surface area contributed by atoms with Crippen LogP contribution in [0.2, 0.25) is 0 Å². The summed E-state index contributed by atoms with van der Waals surface area (Å²) in [6.07, 6.45) is -7.70. The van der Waals surface area contributed by atoms with Gasteiger partial charge in [-0.1, -0.05) is 0 Å². The molecule has 0 spiro atoms. The van der Waals surface area contributed by atoms with Crippen LogP contribution in [0.4, 0.5) is 0 Å². The molecule has 0 aromatic rings. The zero-order valence-corrected chi connectivity index (χ0v) is 9.28. The molecule has 9 heteroatoms. The van der Waals surface area contributed by atoms with E-state index >= 15 is 0 Å². The molecule has 0 bridgehead atoms. The summed E-state index contributed by atoms with van der Waals surface area (Å²) in [7, 11) is 0. The van der Waals surface area contributed by atoms with E-state index in [4.69, 9.17) is 15.3 Å². The van der Waals surface area contributed by atoms with Gasteiger partial charge < -0.3 is 31.7 Å². The number of nitrogens with one attached hydrogen (secondary N) is 1. The lowest BCUT2D eigenvalue weighted by molar-refractivity contribution is -0.150. The van der Waals surface area contributed by atoms with Crippen molar-refractivity contribution >= 4 is 11.8 Å². The van der Waals surface area contributed by atoms with Crippen LogP contribution in [0.3, 0.4) is 0 Å². The van der Waals surface area contributed by atoms with Crippen molar-refractivity contribution in [2.24, 2.45) is 0 Å². The highest BCUT2D eigenvalue weighted by molar-refractivity contribution is 5.96. The van der Waals surface area contributed by atoms with Gasteiger partial charge in [-0.25, -0.2) is 0 Å². The fourth-order valence-electron chi connectivity index (χ4n) is 0.925. The van der Waals surface area contributed by atoms with E-state index in [2.05, 4.69) is 0 Å². The highest BCUT2D eigenvalue weighted by Crippen LogP contribution is 2.05. The third kappa shape index (κ3) is 5.68. The SMILES string of the molecule is CC(=O)NC(=O)[C@H](O)[C@@H](O)[C@@H](O)[C@H](O)CO.N. The minimum absolute atomic E-state index is 0. The molecule has 2 amide bonds. The van der Waals surface area contributed by atoms with Gasteiger partial charge >= 0.3 is 0 Å². The van der Waals surface area contributed by atoms with E-state index in [0.29, 0.717) is 0 Å². The summed E-state index contributed by atoms with van der Waals surface area (Å²) in [6.45, 7) is 0.176. The molecule has 0 aromatic heterocycles. The summed E-state index contributed by atoms with van der Waals surface area (Å²) >= 11 is 0. The Labute approximate surface area is 97.3 Å². The van der Waals surface area contributed by atoms with Crippen LogP contribution in [0.1, 0.15) is 6.92 Å². The lowest BCUT2D eigenvalue weighted by Crippen LogP contribution is -2.52. The van der Waals surface area contributed by atoms with Crippen LogP contribution in [0.5, 0.6) is 0 Å². The summed E-state index contributed by atoms with van der Waals surface area (Å²) < 4.78 is 0. The maximum absolute atomic E-state index is 11.0. The lowest BCUT2D eigenvalue weighted by Gasteiger charge is -2.24. The number of amides is 2. The number of aliphatic hydroxyl groups excluding tert-OH is 5. The maximum Gasteiger partial charge on any atom is 0.258 e. The molecule has 102 valence electrons. The molecular weight excluding hydrogens is 236 g/mol. The monoisotopic (exact) mass is 254 g/mol. The van der Waals surface area contributed by atoms with Crippen LogP contribution in [0, 0.1) is 0 Å². The van der Waals surface area contributed by atoms with Crippen LogP contribution in [0.25, 0.3) is 0 Å². The van der Waals surface area contributed by atoms with Crippen LogP contribution in [-0.2, 0) is 9.59 Å². The van der Waals surface area contributed by atoms with Gasteiger partial charge in [-0.15, -0.1) is 0 Å². The molecule has 0 saturated carbocycles. The molecular formula is C8H18N2O7. The Kier molecular flexibility index (Phi) is 8.66. The molecule has 9 nitrogen and oxygen atoms in total. The topological polar surface area (TPSA) is 182 Å². The number of rotatable bonds is 5. The van der Waals surface area contributed by atoms with E-state index in [9.17, 15) is 19.8 Å². The van der Waals surface area contributed by atoms with Crippen molar-refractivity contribution in [3.8, 4) is 0 Å². The van der Waals surface area contributed by atoms with Gasteiger partial charge in [0.2, 0.25) is 5.91 Å². The van der Waals surface area contributed by atoms with Crippen LogP contribution >= 0.6 is 0 Å².